The lowest BCUT2D eigenvalue weighted by molar-refractivity contribution is 0.0480. The van der Waals surface area contributed by atoms with Crippen LogP contribution in [0.1, 0.15) is 11.7 Å². The maximum Gasteiger partial charge on any atom is 0.294 e. The first-order chi connectivity index (χ1) is 6.84. The van der Waals surface area contributed by atoms with E-state index < -0.39 is 33.2 Å². The molecule has 0 aliphatic heterocycles. The highest BCUT2D eigenvalue weighted by Crippen LogP contribution is 2.29. The Kier molecular flexibility index (Phi) is 3.35. The average molecular weight is 240 g/mol. The van der Waals surface area contributed by atoms with E-state index in [0.29, 0.717) is 0 Å². The SMILES string of the molecule is O=S(=O)(O)c1ccccc1C(F)C(F)F. The van der Waals surface area contributed by atoms with Crippen LogP contribution in [0, 0.1) is 0 Å². The van der Waals surface area contributed by atoms with Gasteiger partial charge in [0.25, 0.3) is 16.5 Å². The van der Waals surface area contributed by atoms with E-state index in [1.807, 2.05) is 0 Å². The minimum atomic E-state index is -4.69. The Morgan fingerprint density at radius 1 is 1.13 bits per heavy atom. The third-order valence-electron chi connectivity index (χ3n) is 1.72. The van der Waals surface area contributed by atoms with Crippen LogP contribution in [0.4, 0.5) is 13.2 Å². The number of benzene rings is 1. The van der Waals surface area contributed by atoms with Crippen molar-refractivity contribution < 1.29 is 26.1 Å². The lowest BCUT2D eigenvalue weighted by atomic mass is 10.1. The number of rotatable bonds is 3. The molecule has 1 aromatic carbocycles. The molecule has 0 aromatic heterocycles. The number of hydrogen-bond donors (Lipinski definition) is 1. The third-order valence-corrected chi connectivity index (χ3v) is 2.64. The fourth-order valence-corrected chi connectivity index (χ4v) is 1.81. The Morgan fingerprint density at radius 3 is 2.13 bits per heavy atom. The Hall–Kier alpha value is -1.08. The summed E-state index contributed by atoms with van der Waals surface area (Å²) >= 11 is 0. The van der Waals surface area contributed by atoms with Gasteiger partial charge in [-0.2, -0.15) is 8.42 Å². The quantitative estimate of drug-likeness (QED) is 0.824. The van der Waals surface area contributed by atoms with Crippen molar-refractivity contribution in [2.75, 3.05) is 0 Å². The zero-order chi connectivity index (χ0) is 11.6. The molecule has 1 atom stereocenters. The van der Waals surface area contributed by atoms with Crippen molar-refractivity contribution in [3.05, 3.63) is 29.8 Å². The summed E-state index contributed by atoms with van der Waals surface area (Å²) in [5, 5.41) is 0. The summed E-state index contributed by atoms with van der Waals surface area (Å²) in [6.07, 6.45) is -6.07. The number of hydrogen-bond acceptors (Lipinski definition) is 2. The predicted molar refractivity (Wildman–Crippen MR) is 46.1 cm³/mol. The topological polar surface area (TPSA) is 54.4 Å². The minimum Gasteiger partial charge on any atom is -0.282 e. The van der Waals surface area contributed by atoms with Crippen LogP contribution >= 0.6 is 0 Å². The summed E-state index contributed by atoms with van der Waals surface area (Å²) in [5.41, 5.74) is -0.741. The second-order valence-corrected chi connectivity index (χ2v) is 4.14. The molecule has 1 rings (SSSR count). The van der Waals surface area contributed by atoms with Gasteiger partial charge >= 0.3 is 0 Å². The van der Waals surface area contributed by atoms with Crippen molar-refractivity contribution >= 4 is 10.1 Å². The van der Waals surface area contributed by atoms with Gasteiger partial charge in [-0.3, -0.25) is 4.55 Å². The standard InChI is InChI=1S/C8H7F3O3S/c9-7(8(10)11)5-3-1-2-4-6(5)15(12,13)14/h1-4,7-8H,(H,12,13,14). The van der Waals surface area contributed by atoms with Crippen LogP contribution in [0.3, 0.4) is 0 Å². The normalized spacial score (nSPS) is 14.2. The van der Waals surface area contributed by atoms with Gasteiger partial charge in [0.2, 0.25) is 0 Å². The first-order valence-corrected chi connectivity index (χ1v) is 5.26. The zero-order valence-corrected chi connectivity index (χ0v) is 8.09. The van der Waals surface area contributed by atoms with E-state index in [0.717, 1.165) is 12.1 Å². The van der Waals surface area contributed by atoms with E-state index in [1.54, 1.807) is 0 Å². The van der Waals surface area contributed by atoms with Gasteiger partial charge in [-0.1, -0.05) is 18.2 Å². The van der Waals surface area contributed by atoms with Crippen LogP contribution in [0.2, 0.25) is 0 Å². The maximum atomic E-state index is 12.9. The molecule has 84 valence electrons. The van der Waals surface area contributed by atoms with E-state index >= 15 is 0 Å². The van der Waals surface area contributed by atoms with Gasteiger partial charge in [0.05, 0.1) is 0 Å². The third kappa shape index (κ3) is 2.69. The number of alkyl halides is 3. The summed E-state index contributed by atoms with van der Waals surface area (Å²) in [7, 11) is -4.69. The molecule has 1 N–H and O–H groups in total. The van der Waals surface area contributed by atoms with E-state index in [1.165, 1.54) is 12.1 Å². The van der Waals surface area contributed by atoms with Gasteiger partial charge in [-0.05, 0) is 6.07 Å². The molecule has 0 bridgehead atoms. The highest BCUT2D eigenvalue weighted by atomic mass is 32.2. The Morgan fingerprint density at radius 2 is 1.67 bits per heavy atom. The van der Waals surface area contributed by atoms with Gasteiger partial charge in [0, 0.05) is 5.56 Å². The molecule has 0 radical (unpaired) electrons. The Bertz CT molecular complexity index is 444. The summed E-state index contributed by atoms with van der Waals surface area (Å²) < 4.78 is 67.1. The van der Waals surface area contributed by atoms with Crippen LogP contribution in [-0.2, 0) is 10.1 Å². The smallest absolute Gasteiger partial charge is 0.282 e. The second kappa shape index (κ2) is 4.19. The largest absolute Gasteiger partial charge is 0.294 e. The molecule has 0 saturated carbocycles. The minimum absolute atomic E-state index is 0.741. The molecule has 0 amide bonds. The van der Waals surface area contributed by atoms with Crippen molar-refractivity contribution in [1.29, 1.82) is 0 Å². The van der Waals surface area contributed by atoms with E-state index in [4.69, 9.17) is 4.55 Å². The van der Waals surface area contributed by atoms with Crippen LogP contribution in [0.25, 0.3) is 0 Å². The van der Waals surface area contributed by atoms with Crippen molar-refractivity contribution in [3.63, 3.8) is 0 Å². The van der Waals surface area contributed by atoms with Crippen LogP contribution in [-0.4, -0.2) is 19.4 Å². The van der Waals surface area contributed by atoms with Crippen molar-refractivity contribution in [2.24, 2.45) is 0 Å². The molecule has 0 heterocycles. The van der Waals surface area contributed by atoms with Gasteiger partial charge in [0.15, 0.2) is 6.17 Å². The molecule has 0 saturated heterocycles. The van der Waals surface area contributed by atoms with Crippen molar-refractivity contribution in [1.82, 2.24) is 0 Å². The monoisotopic (exact) mass is 240 g/mol. The van der Waals surface area contributed by atoms with Crippen LogP contribution in [0.15, 0.2) is 29.2 Å². The van der Waals surface area contributed by atoms with Crippen molar-refractivity contribution in [3.8, 4) is 0 Å². The van der Waals surface area contributed by atoms with Gasteiger partial charge in [0.1, 0.15) is 4.90 Å². The van der Waals surface area contributed by atoms with E-state index in [-0.39, 0.29) is 0 Å². The van der Waals surface area contributed by atoms with Gasteiger partial charge < -0.3 is 0 Å². The lowest BCUT2D eigenvalue weighted by Gasteiger charge is -2.10. The molecular formula is C8H7F3O3S. The molecule has 1 aromatic rings. The van der Waals surface area contributed by atoms with E-state index in [2.05, 4.69) is 0 Å². The summed E-state index contributed by atoms with van der Waals surface area (Å²) in [5.74, 6) is 0. The van der Waals surface area contributed by atoms with Crippen LogP contribution < -0.4 is 0 Å². The summed E-state index contributed by atoms with van der Waals surface area (Å²) in [4.78, 5) is -0.835. The van der Waals surface area contributed by atoms with Gasteiger partial charge in [-0.15, -0.1) is 0 Å². The molecular weight excluding hydrogens is 233 g/mol. The molecule has 1 unspecified atom stereocenters. The summed E-state index contributed by atoms with van der Waals surface area (Å²) in [6, 6.07) is 4.16. The highest BCUT2D eigenvalue weighted by Gasteiger charge is 2.27. The Balaban J connectivity index is 3.31. The van der Waals surface area contributed by atoms with Crippen LogP contribution in [0.5, 0.6) is 0 Å². The molecule has 0 spiro atoms. The highest BCUT2D eigenvalue weighted by molar-refractivity contribution is 7.85. The first-order valence-electron chi connectivity index (χ1n) is 3.82. The average Bonchev–Trinajstić information content (AvgIpc) is 2.15. The molecule has 0 aliphatic carbocycles. The molecule has 15 heavy (non-hydrogen) atoms. The zero-order valence-electron chi connectivity index (χ0n) is 7.27. The summed E-state index contributed by atoms with van der Waals surface area (Å²) in [6.45, 7) is 0. The molecule has 0 fully saturated rings. The molecule has 7 heteroatoms. The molecule has 0 aliphatic rings. The lowest BCUT2D eigenvalue weighted by Crippen LogP contribution is -2.09. The van der Waals surface area contributed by atoms with Gasteiger partial charge in [-0.25, -0.2) is 13.2 Å². The molecule has 3 nitrogen and oxygen atoms in total. The fraction of sp³-hybridized carbons (Fsp3) is 0.250. The first kappa shape index (κ1) is 12.0. The predicted octanol–water partition coefficient (Wildman–Crippen LogP) is 2.21. The maximum absolute atomic E-state index is 12.9. The van der Waals surface area contributed by atoms with Crippen molar-refractivity contribution in [2.45, 2.75) is 17.5 Å². The fourth-order valence-electron chi connectivity index (χ4n) is 1.08. The Labute approximate surface area is 84.3 Å². The number of halogens is 3. The second-order valence-electron chi connectivity index (χ2n) is 2.75. The van der Waals surface area contributed by atoms with E-state index in [9.17, 15) is 21.6 Å².